The molecule has 0 aliphatic carbocycles. The summed E-state index contributed by atoms with van der Waals surface area (Å²) in [6.07, 6.45) is 50.3. The SMILES string of the molecule is CCCCCCCCCCCCCCCCCCC(=O)OC[C@H](COP(=O)(O)OC[C@@H](O)COP(=O)(O)OC[C@@H](COC(=O)CCCCCCC)OC(=O)CCCCCCCCCCCCC(C)C)OC(=O)CCCCCCCCCCCCCCCCC(C)C. The Kier molecular flexibility index (Phi) is 62.7. The van der Waals surface area contributed by atoms with Crippen molar-refractivity contribution in [3.05, 3.63) is 0 Å². The number of unbranched alkanes of at least 4 members (excludes halogenated alkanes) is 41. The summed E-state index contributed by atoms with van der Waals surface area (Å²) < 4.78 is 68.2. The highest BCUT2D eigenvalue weighted by atomic mass is 31.2. The smallest absolute Gasteiger partial charge is 0.462 e. The second-order valence-corrected chi connectivity index (χ2v) is 29.8. The third-order valence-corrected chi connectivity index (χ3v) is 18.6. The molecule has 0 radical (unpaired) electrons. The summed E-state index contributed by atoms with van der Waals surface area (Å²) in [7, 11) is -9.89. The van der Waals surface area contributed by atoms with Gasteiger partial charge in [0.2, 0.25) is 0 Å². The van der Waals surface area contributed by atoms with E-state index in [1.54, 1.807) is 0 Å². The van der Waals surface area contributed by atoms with Gasteiger partial charge in [-0.25, -0.2) is 9.13 Å². The van der Waals surface area contributed by atoms with Crippen molar-refractivity contribution in [2.24, 2.45) is 11.8 Å². The van der Waals surface area contributed by atoms with E-state index in [1.807, 2.05) is 0 Å². The van der Waals surface area contributed by atoms with Crippen LogP contribution in [0.25, 0.3) is 0 Å². The number of aliphatic hydroxyl groups is 1. The minimum atomic E-state index is -4.95. The Labute approximate surface area is 556 Å². The first-order chi connectivity index (χ1) is 43.9. The number of aliphatic hydroxyl groups excluding tert-OH is 1. The van der Waals surface area contributed by atoms with E-state index in [1.165, 1.54) is 180 Å². The van der Waals surface area contributed by atoms with E-state index in [0.29, 0.717) is 25.7 Å². The molecule has 0 aliphatic rings. The maximum Gasteiger partial charge on any atom is 0.472 e. The van der Waals surface area contributed by atoms with Crippen LogP contribution in [0, 0.1) is 11.8 Å². The van der Waals surface area contributed by atoms with Crippen LogP contribution in [-0.4, -0.2) is 96.7 Å². The molecule has 0 saturated heterocycles. The molecular weight excluding hydrogens is 1200 g/mol. The molecule has 0 amide bonds. The highest BCUT2D eigenvalue weighted by Crippen LogP contribution is 2.45. The van der Waals surface area contributed by atoms with Crippen molar-refractivity contribution >= 4 is 39.5 Å². The molecule has 91 heavy (non-hydrogen) atoms. The predicted octanol–water partition coefficient (Wildman–Crippen LogP) is 20.8. The zero-order chi connectivity index (χ0) is 67.2. The van der Waals surface area contributed by atoms with Crippen molar-refractivity contribution in [2.45, 2.75) is 387 Å². The van der Waals surface area contributed by atoms with Gasteiger partial charge in [-0.2, -0.15) is 0 Å². The lowest BCUT2D eigenvalue weighted by Crippen LogP contribution is -2.30. The van der Waals surface area contributed by atoms with Crippen LogP contribution >= 0.6 is 15.6 Å². The van der Waals surface area contributed by atoms with Crippen LogP contribution < -0.4 is 0 Å². The number of hydrogen-bond donors (Lipinski definition) is 3. The molecule has 2 unspecified atom stereocenters. The van der Waals surface area contributed by atoms with E-state index in [9.17, 15) is 43.2 Å². The van der Waals surface area contributed by atoms with E-state index in [0.717, 1.165) is 108 Å². The molecule has 0 bridgehead atoms. The number of hydrogen-bond acceptors (Lipinski definition) is 15. The second kappa shape index (κ2) is 64.1. The Balaban J connectivity index is 5.16. The van der Waals surface area contributed by atoms with Gasteiger partial charge in [-0.3, -0.25) is 37.3 Å². The van der Waals surface area contributed by atoms with Crippen LogP contribution in [0.5, 0.6) is 0 Å². The topological polar surface area (TPSA) is 237 Å². The van der Waals surface area contributed by atoms with Gasteiger partial charge in [-0.05, 0) is 37.5 Å². The monoisotopic (exact) mass is 1340 g/mol. The van der Waals surface area contributed by atoms with Crippen molar-refractivity contribution < 1.29 is 80.2 Å². The minimum absolute atomic E-state index is 0.105. The molecule has 0 fully saturated rings. The summed E-state index contributed by atoms with van der Waals surface area (Å²) in [6.45, 7) is 9.49. The van der Waals surface area contributed by atoms with Gasteiger partial charge in [0.1, 0.15) is 19.3 Å². The molecule has 0 aromatic heterocycles. The van der Waals surface area contributed by atoms with Crippen LogP contribution in [0.3, 0.4) is 0 Å². The summed E-state index contributed by atoms with van der Waals surface area (Å²) in [5.74, 6) is -0.584. The number of rotatable bonds is 71. The molecule has 540 valence electrons. The summed E-state index contributed by atoms with van der Waals surface area (Å²) in [5.41, 5.74) is 0. The van der Waals surface area contributed by atoms with Gasteiger partial charge in [0.25, 0.3) is 0 Å². The molecule has 19 heteroatoms. The molecule has 0 heterocycles. The van der Waals surface area contributed by atoms with Crippen LogP contribution in [0.1, 0.15) is 369 Å². The molecule has 0 aromatic rings. The van der Waals surface area contributed by atoms with Crippen molar-refractivity contribution in [3.8, 4) is 0 Å². The maximum absolute atomic E-state index is 13.0. The van der Waals surface area contributed by atoms with Gasteiger partial charge in [0.05, 0.1) is 26.4 Å². The molecule has 0 aliphatic heterocycles. The number of carbonyl (C=O) groups is 4. The zero-order valence-corrected chi connectivity index (χ0v) is 60.9. The number of carbonyl (C=O) groups excluding carboxylic acids is 4. The van der Waals surface area contributed by atoms with Crippen molar-refractivity contribution in [3.63, 3.8) is 0 Å². The Morgan fingerprint density at radius 3 is 0.747 bits per heavy atom. The average Bonchev–Trinajstić information content (AvgIpc) is 3.63. The lowest BCUT2D eigenvalue weighted by Gasteiger charge is -2.21. The fourth-order valence-corrected chi connectivity index (χ4v) is 12.5. The Morgan fingerprint density at radius 1 is 0.297 bits per heavy atom. The fraction of sp³-hybridized carbons (Fsp3) is 0.944. The van der Waals surface area contributed by atoms with E-state index >= 15 is 0 Å². The van der Waals surface area contributed by atoms with Crippen LogP contribution in [0.2, 0.25) is 0 Å². The standard InChI is InChI=1S/C72H140O17P2/c1-7-9-11-13-14-15-16-17-18-19-23-26-32-37-43-49-55-70(75)83-61-68(89-72(77)56-50-44-38-33-27-24-21-20-22-25-30-35-41-46-52-64(3)4)63-87-91(80,81)85-59-66(73)58-84-90(78,79)86-62-67(60-82-69(74)54-48-40-12-10-8-2)88-71(76)57-51-45-39-34-29-28-31-36-42-47-53-65(5)6/h64-68,73H,7-63H2,1-6H3,(H,78,79)(H,80,81)/t66-,67+,68+/m0/s1. The van der Waals surface area contributed by atoms with E-state index in [4.69, 9.17) is 37.0 Å². The Bertz CT molecular complexity index is 1770. The molecule has 0 saturated carbocycles. The molecule has 0 rings (SSSR count). The summed E-state index contributed by atoms with van der Waals surface area (Å²) in [4.78, 5) is 72.4. The first-order valence-electron chi connectivity index (χ1n) is 37.5. The first kappa shape index (κ1) is 89.1. The third-order valence-electron chi connectivity index (χ3n) is 16.7. The van der Waals surface area contributed by atoms with Crippen LogP contribution in [-0.2, 0) is 65.4 Å². The highest BCUT2D eigenvalue weighted by molar-refractivity contribution is 7.47. The van der Waals surface area contributed by atoms with Crippen molar-refractivity contribution in [2.75, 3.05) is 39.6 Å². The van der Waals surface area contributed by atoms with Gasteiger partial charge in [0, 0.05) is 25.7 Å². The van der Waals surface area contributed by atoms with Gasteiger partial charge in [-0.15, -0.1) is 0 Å². The predicted molar refractivity (Wildman–Crippen MR) is 368 cm³/mol. The lowest BCUT2D eigenvalue weighted by atomic mass is 10.0. The quantitative estimate of drug-likeness (QED) is 0.0222. The van der Waals surface area contributed by atoms with Crippen LogP contribution in [0.4, 0.5) is 0 Å². The van der Waals surface area contributed by atoms with E-state index in [2.05, 4.69) is 41.5 Å². The van der Waals surface area contributed by atoms with Crippen molar-refractivity contribution in [1.29, 1.82) is 0 Å². The molecule has 17 nitrogen and oxygen atoms in total. The first-order valence-corrected chi connectivity index (χ1v) is 40.5. The van der Waals surface area contributed by atoms with Crippen LogP contribution in [0.15, 0.2) is 0 Å². The zero-order valence-electron chi connectivity index (χ0n) is 59.1. The normalized spacial score (nSPS) is 14.1. The summed E-state index contributed by atoms with van der Waals surface area (Å²) in [6, 6.07) is 0. The molecule has 3 N–H and O–H groups in total. The third kappa shape index (κ3) is 66.5. The maximum atomic E-state index is 13.0. The number of phosphoric acid groups is 2. The second-order valence-electron chi connectivity index (χ2n) is 26.9. The van der Waals surface area contributed by atoms with Gasteiger partial charge < -0.3 is 33.8 Å². The highest BCUT2D eigenvalue weighted by Gasteiger charge is 2.30. The minimum Gasteiger partial charge on any atom is -0.462 e. The molecule has 5 atom stereocenters. The van der Waals surface area contributed by atoms with E-state index in [-0.39, 0.29) is 25.7 Å². The summed E-state index contributed by atoms with van der Waals surface area (Å²) >= 11 is 0. The van der Waals surface area contributed by atoms with Gasteiger partial charge in [0.15, 0.2) is 12.2 Å². The molecule has 0 spiro atoms. The van der Waals surface area contributed by atoms with Crippen molar-refractivity contribution in [1.82, 2.24) is 0 Å². The number of ether oxygens (including phenoxy) is 4. The lowest BCUT2D eigenvalue weighted by molar-refractivity contribution is -0.161. The fourth-order valence-electron chi connectivity index (χ4n) is 10.9. The van der Waals surface area contributed by atoms with E-state index < -0.39 is 97.5 Å². The van der Waals surface area contributed by atoms with Gasteiger partial charge >= 0.3 is 39.5 Å². The molecule has 0 aromatic carbocycles. The Morgan fingerprint density at radius 2 is 0.505 bits per heavy atom. The Hall–Kier alpha value is -1.94. The van der Waals surface area contributed by atoms with Gasteiger partial charge in [-0.1, -0.05) is 318 Å². The largest absolute Gasteiger partial charge is 0.472 e. The number of esters is 4. The summed E-state index contributed by atoms with van der Waals surface area (Å²) in [5, 5.41) is 10.6. The number of phosphoric ester groups is 2. The molecular formula is C72H140O17P2. The average molecular weight is 1340 g/mol.